The molecule has 2 rings (SSSR count). The molecular weight excluding hydrogens is 160 g/mol. The molecule has 0 bridgehead atoms. The second kappa shape index (κ2) is 3.17. The number of aryl methyl sites for hydroxylation is 1. The maximum atomic E-state index is 11.4. The van der Waals surface area contributed by atoms with Crippen LogP contribution in [-0.2, 0) is 4.79 Å². The quantitative estimate of drug-likeness (QED) is 0.636. The molecule has 1 aromatic rings. The molecular formula is C12H12O. The Morgan fingerprint density at radius 2 is 1.92 bits per heavy atom. The van der Waals surface area contributed by atoms with Gasteiger partial charge in [0.15, 0.2) is 5.78 Å². The van der Waals surface area contributed by atoms with Crippen LogP contribution in [0.2, 0.25) is 0 Å². The van der Waals surface area contributed by atoms with Gasteiger partial charge in [-0.15, -0.1) is 0 Å². The van der Waals surface area contributed by atoms with Gasteiger partial charge in [0.25, 0.3) is 0 Å². The molecule has 1 aromatic carbocycles. The molecule has 0 aromatic heterocycles. The molecule has 13 heavy (non-hydrogen) atoms. The molecule has 0 radical (unpaired) electrons. The number of rotatable bonds is 1. The van der Waals surface area contributed by atoms with Gasteiger partial charge in [-0.2, -0.15) is 0 Å². The summed E-state index contributed by atoms with van der Waals surface area (Å²) in [5, 5.41) is 0. The number of hydrogen-bond donors (Lipinski definition) is 0. The van der Waals surface area contributed by atoms with E-state index in [1.165, 1.54) is 5.56 Å². The van der Waals surface area contributed by atoms with Crippen LogP contribution in [0.3, 0.4) is 0 Å². The molecule has 1 heteroatoms. The smallest absolute Gasteiger partial charge is 0.163 e. The van der Waals surface area contributed by atoms with E-state index in [9.17, 15) is 4.79 Å². The van der Waals surface area contributed by atoms with E-state index < -0.39 is 0 Å². The summed E-state index contributed by atoms with van der Waals surface area (Å²) in [4.78, 5) is 11.4. The van der Waals surface area contributed by atoms with Gasteiger partial charge < -0.3 is 0 Å². The topological polar surface area (TPSA) is 17.1 Å². The Labute approximate surface area is 78.1 Å². The van der Waals surface area contributed by atoms with Crippen LogP contribution in [0.4, 0.5) is 0 Å². The lowest BCUT2D eigenvalue weighted by atomic mass is 9.95. The molecule has 1 aliphatic rings. The van der Waals surface area contributed by atoms with Crippen molar-refractivity contribution in [3.8, 4) is 0 Å². The lowest BCUT2D eigenvalue weighted by Crippen LogP contribution is -2.03. The van der Waals surface area contributed by atoms with E-state index in [0.29, 0.717) is 0 Å². The highest BCUT2D eigenvalue weighted by atomic mass is 16.1. The van der Waals surface area contributed by atoms with Gasteiger partial charge in [-0.05, 0) is 25.0 Å². The van der Waals surface area contributed by atoms with E-state index in [1.54, 1.807) is 6.08 Å². The van der Waals surface area contributed by atoms with E-state index in [4.69, 9.17) is 0 Å². The average Bonchev–Trinajstić information content (AvgIpc) is 2.53. The van der Waals surface area contributed by atoms with E-state index in [1.807, 2.05) is 18.2 Å². The number of allylic oxidation sites excluding steroid dienone is 2. The molecule has 0 aliphatic heterocycles. The molecule has 0 saturated carbocycles. The van der Waals surface area contributed by atoms with Gasteiger partial charge in [0.2, 0.25) is 0 Å². The number of benzene rings is 1. The lowest BCUT2D eigenvalue weighted by molar-refractivity contribution is -0.115. The minimum absolute atomic E-state index is 0.0839. The van der Waals surface area contributed by atoms with Gasteiger partial charge in [0, 0.05) is 0 Å². The van der Waals surface area contributed by atoms with Gasteiger partial charge in [-0.1, -0.05) is 35.9 Å². The monoisotopic (exact) mass is 172 g/mol. The predicted octanol–water partition coefficient (Wildman–Crippen LogP) is 2.61. The number of ketones is 1. The zero-order valence-corrected chi connectivity index (χ0v) is 7.66. The summed E-state index contributed by atoms with van der Waals surface area (Å²) in [6.07, 6.45) is 4.50. The summed E-state index contributed by atoms with van der Waals surface area (Å²) < 4.78 is 0. The first kappa shape index (κ1) is 8.24. The minimum Gasteiger partial charge on any atom is -0.294 e. The fourth-order valence-electron chi connectivity index (χ4n) is 1.65. The van der Waals surface area contributed by atoms with Gasteiger partial charge in [0.05, 0.1) is 5.92 Å². The summed E-state index contributed by atoms with van der Waals surface area (Å²) in [7, 11) is 0. The summed E-state index contributed by atoms with van der Waals surface area (Å²) in [6, 6.07) is 8.21. The summed E-state index contributed by atoms with van der Waals surface area (Å²) in [5.74, 6) is 0.324. The Balaban J connectivity index is 2.26. The maximum Gasteiger partial charge on any atom is 0.163 e. The van der Waals surface area contributed by atoms with Crippen molar-refractivity contribution in [2.75, 3.05) is 0 Å². The third-order valence-corrected chi connectivity index (χ3v) is 2.48. The highest BCUT2D eigenvalue weighted by molar-refractivity contribution is 5.97. The first-order chi connectivity index (χ1) is 6.27. The minimum atomic E-state index is 0.0839. The number of carbonyl (C=O) groups excluding carboxylic acids is 1. The van der Waals surface area contributed by atoms with Crippen molar-refractivity contribution in [3.63, 3.8) is 0 Å². The first-order valence-electron chi connectivity index (χ1n) is 4.54. The van der Waals surface area contributed by atoms with Crippen molar-refractivity contribution >= 4 is 5.78 Å². The Morgan fingerprint density at radius 1 is 1.23 bits per heavy atom. The SMILES string of the molecule is Cc1ccc(C2CC=CC2=O)cc1. The van der Waals surface area contributed by atoms with Gasteiger partial charge in [0.1, 0.15) is 0 Å². The molecule has 1 atom stereocenters. The molecule has 0 fully saturated rings. The Hall–Kier alpha value is -1.37. The standard InChI is InChI=1S/C12H12O/c1-9-5-7-10(8-6-9)11-3-2-4-12(11)13/h2,4-8,11H,3H2,1H3. The van der Waals surface area contributed by atoms with Crippen molar-refractivity contribution < 1.29 is 4.79 Å². The predicted molar refractivity (Wildman–Crippen MR) is 52.7 cm³/mol. The third kappa shape index (κ3) is 1.55. The second-order valence-electron chi connectivity index (χ2n) is 3.50. The highest BCUT2D eigenvalue weighted by Gasteiger charge is 2.20. The molecule has 0 saturated heterocycles. The first-order valence-corrected chi connectivity index (χ1v) is 4.54. The Morgan fingerprint density at radius 3 is 2.46 bits per heavy atom. The largest absolute Gasteiger partial charge is 0.294 e. The van der Waals surface area contributed by atoms with Crippen LogP contribution in [0.5, 0.6) is 0 Å². The van der Waals surface area contributed by atoms with Gasteiger partial charge in [-0.25, -0.2) is 0 Å². The van der Waals surface area contributed by atoms with E-state index >= 15 is 0 Å². The molecule has 1 unspecified atom stereocenters. The van der Waals surface area contributed by atoms with Crippen molar-refractivity contribution in [2.24, 2.45) is 0 Å². The van der Waals surface area contributed by atoms with Crippen LogP contribution in [0, 0.1) is 6.92 Å². The normalized spacial score (nSPS) is 21.0. The van der Waals surface area contributed by atoms with Crippen LogP contribution in [-0.4, -0.2) is 5.78 Å². The highest BCUT2D eigenvalue weighted by Crippen LogP contribution is 2.26. The van der Waals surface area contributed by atoms with Crippen LogP contribution >= 0.6 is 0 Å². The van der Waals surface area contributed by atoms with Crippen LogP contribution in [0.25, 0.3) is 0 Å². The second-order valence-corrected chi connectivity index (χ2v) is 3.50. The zero-order valence-electron chi connectivity index (χ0n) is 7.66. The lowest BCUT2D eigenvalue weighted by Gasteiger charge is -2.07. The average molecular weight is 172 g/mol. The number of hydrogen-bond acceptors (Lipinski definition) is 1. The molecule has 1 aliphatic carbocycles. The van der Waals surface area contributed by atoms with Crippen molar-refractivity contribution in [2.45, 2.75) is 19.3 Å². The summed E-state index contributed by atoms with van der Waals surface area (Å²) in [6.45, 7) is 2.05. The van der Waals surface area contributed by atoms with Crippen molar-refractivity contribution in [1.82, 2.24) is 0 Å². The van der Waals surface area contributed by atoms with E-state index in [2.05, 4.69) is 19.1 Å². The maximum absolute atomic E-state index is 11.4. The van der Waals surface area contributed by atoms with E-state index in [-0.39, 0.29) is 11.7 Å². The molecule has 0 N–H and O–H groups in total. The zero-order chi connectivity index (χ0) is 9.26. The Kier molecular flexibility index (Phi) is 2.01. The Bertz CT molecular complexity index is 346. The van der Waals surface area contributed by atoms with Gasteiger partial charge >= 0.3 is 0 Å². The van der Waals surface area contributed by atoms with Crippen LogP contribution in [0.15, 0.2) is 36.4 Å². The summed E-state index contributed by atoms with van der Waals surface area (Å²) >= 11 is 0. The fraction of sp³-hybridized carbons (Fsp3) is 0.250. The molecule has 1 nitrogen and oxygen atoms in total. The van der Waals surface area contributed by atoms with Crippen LogP contribution in [0.1, 0.15) is 23.5 Å². The third-order valence-electron chi connectivity index (χ3n) is 2.48. The van der Waals surface area contributed by atoms with E-state index in [0.717, 1.165) is 12.0 Å². The molecule has 0 heterocycles. The number of carbonyl (C=O) groups is 1. The van der Waals surface area contributed by atoms with Crippen molar-refractivity contribution in [1.29, 1.82) is 0 Å². The fourth-order valence-corrected chi connectivity index (χ4v) is 1.65. The van der Waals surface area contributed by atoms with Crippen LogP contribution < -0.4 is 0 Å². The molecule has 0 amide bonds. The molecule has 0 spiro atoms. The summed E-state index contributed by atoms with van der Waals surface area (Å²) in [5.41, 5.74) is 2.38. The van der Waals surface area contributed by atoms with Gasteiger partial charge in [-0.3, -0.25) is 4.79 Å². The molecule has 66 valence electrons. The van der Waals surface area contributed by atoms with Crippen molar-refractivity contribution in [3.05, 3.63) is 47.5 Å².